The molecule has 4 nitrogen and oxygen atoms in total. The van der Waals surface area contributed by atoms with Crippen LogP contribution in [0, 0.1) is 0 Å². The molecule has 1 rings (SSSR count). The van der Waals surface area contributed by atoms with Crippen LogP contribution in [0.4, 0.5) is 5.69 Å². The van der Waals surface area contributed by atoms with Gasteiger partial charge < -0.3 is 4.74 Å². The third-order valence-corrected chi connectivity index (χ3v) is 2.68. The summed E-state index contributed by atoms with van der Waals surface area (Å²) in [5, 5.41) is 8.44. The molecule has 0 aliphatic rings. The van der Waals surface area contributed by atoms with E-state index in [9.17, 15) is 4.79 Å². The van der Waals surface area contributed by atoms with Gasteiger partial charge in [0.05, 0.1) is 18.3 Å². The molecule has 0 aliphatic carbocycles. The van der Waals surface area contributed by atoms with Gasteiger partial charge in [-0.1, -0.05) is 24.6 Å². The van der Waals surface area contributed by atoms with Gasteiger partial charge in [0.15, 0.2) is 0 Å². The van der Waals surface area contributed by atoms with Gasteiger partial charge in [0.1, 0.15) is 0 Å². The lowest BCUT2D eigenvalue weighted by molar-refractivity contribution is -0.143. The van der Waals surface area contributed by atoms with Crippen molar-refractivity contribution >= 4 is 11.7 Å². The molecule has 1 atom stereocenters. The van der Waals surface area contributed by atoms with E-state index in [0.29, 0.717) is 13.0 Å². The molecule has 0 fully saturated rings. The number of unbranched alkanes of at least 4 members (excludes halogenated alkanes) is 1. The van der Waals surface area contributed by atoms with Gasteiger partial charge in [-0.2, -0.15) is 10.2 Å². The van der Waals surface area contributed by atoms with Crippen LogP contribution in [0.5, 0.6) is 0 Å². The third-order valence-electron chi connectivity index (χ3n) is 2.68. The van der Waals surface area contributed by atoms with E-state index in [-0.39, 0.29) is 12.0 Å². The van der Waals surface area contributed by atoms with Crippen molar-refractivity contribution in [2.75, 3.05) is 6.61 Å². The van der Waals surface area contributed by atoms with Crippen LogP contribution in [0.2, 0.25) is 0 Å². The number of hydrogen-bond acceptors (Lipinski definition) is 4. The van der Waals surface area contributed by atoms with Gasteiger partial charge in [0.25, 0.3) is 0 Å². The normalized spacial score (nSPS) is 12.5. The van der Waals surface area contributed by atoms with E-state index >= 15 is 0 Å². The molecule has 1 aromatic carbocycles. The smallest absolute Gasteiger partial charge is 0.305 e. The van der Waals surface area contributed by atoms with E-state index in [0.717, 1.165) is 24.9 Å². The maximum atomic E-state index is 11.1. The second-order valence-electron chi connectivity index (χ2n) is 4.45. The van der Waals surface area contributed by atoms with Crippen molar-refractivity contribution in [3.8, 4) is 0 Å². The Morgan fingerprint density at radius 1 is 1.26 bits per heavy atom. The summed E-state index contributed by atoms with van der Waals surface area (Å²) >= 11 is 0. The van der Waals surface area contributed by atoms with E-state index < -0.39 is 0 Å². The fraction of sp³-hybridized carbons (Fsp3) is 0.533. The Hall–Kier alpha value is -1.71. The standard InChI is InChI=1S/C15H22N2O2/c1-3-19-15(18)12-8-7-9-13(2)16-17-14-10-5-4-6-11-14/h4-6,10-11,13H,3,7-9,12H2,1-2H3/t13-/m0/s1. The number of esters is 1. The van der Waals surface area contributed by atoms with E-state index in [1.54, 1.807) is 0 Å². The van der Waals surface area contributed by atoms with Crippen LogP contribution >= 0.6 is 0 Å². The second-order valence-corrected chi connectivity index (χ2v) is 4.45. The Kier molecular flexibility index (Phi) is 7.47. The first-order chi connectivity index (χ1) is 9.22. The van der Waals surface area contributed by atoms with E-state index in [1.807, 2.05) is 44.2 Å². The zero-order chi connectivity index (χ0) is 13.9. The van der Waals surface area contributed by atoms with Gasteiger partial charge >= 0.3 is 5.97 Å². The molecule has 4 heteroatoms. The van der Waals surface area contributed by atoms with Crippen LogP contribution in [0.25, 0.3) is 0 Å². The molecule has 0 unspecified atom stereocenters. The molecule has 0 aromatic heterocycles. The van der Waals surface area contributed by atoms with Crippen LogP contribution < -0.4 is 0 Å². The fourth-order valence-corrected chi connectivity index (χ4v) is 1.66. The quantitative estimate of drug-likeness (QED) is 0.399. The summed E-state index contributed by atoms with van der Waals surface area (Å²) in [4.78, 5) is 11.1. The predicted octanol–water partition coefficient (Wildman–Crippen LogP) is 4.28. The predicted molar refractivity (Wildman–Crippen MR) is 75.5 cm³/mol. The van der Waals surface area contributed by atoms with Gasteiger partial charge in [-0.25, -0.2) is 0 Å². The minimum absolute atomic E-state index is 0.110. The highest BCUT2D eigenvalue weighted by Crippen LogP contribution is 2.13. The molecule has 0 bridgehead atoms. The molecule has 104 valence electrons. The van der Waals surface area contributed by atoms with Crippen molar-refractivity contribution in [1.29, 1.82) is 0 Å². The molecule has 0 spiro atoms. The highest BCUT2D eigenvalue weighted by Gasteiger charge is 2.03. The van der Waals surface area contributed by atoms with Crippen LogP contribution in [-0.2, 0) is 9.53 Å². The number of azo groups is 1. The van der Waals surface area contributed by atoms with E-state index in [2.05, 4.69) is 10.2 Å². The summed E-state index contributed by atoms with van der Waals surface area (Å²) in [7, 11) is 0. The number of carbonyl (C=O) groups excluding carboxylic acids is 1. The summed E-state index contributed by atoms with van der Waals surface area (Å²) in [6.07, 6.45) is 3.25. The van der Waals surface area contributed by atoms with Crippen LogP contribution in [0.1, 0.15) is 39.5 Å². The Morgan fingerprint density at radius 3 is 2.68 bits per heavy atom. The van der Waals surface area contributed by atoms with Gasteiger partial charge in [-0.05, 0) is 38.8 Å². The largest absolute Gasteiger partial charge is 0.466 e. The van der Waals surface area contributed by atoms with Crippen LogP contribution in [-0.4, -0.2) is 18.6 Å². The molecule has 0 aliphatic heterocycles. The number of benzene rings is 1. The minimum Gasteiger partial charge on any atom is -0.466 e. The molecule has 19 heavy (non-hydrogen) atoms. The summed E-state index contributed by atoms with van der Waals surface area (Å²) in [5.74, 6) is -0.110. The Bertz CT molecular complexity index is 390. The number of nitrogens with zero attached hydrogens (tertiary/aromatic N) is 2. The molecule has 0 radical (unpaired) electrons. The molecule has 1 aromatic rings. The second kappa shape index (κ2) is 9.25. The highest BCUT2D eigenvalue weighted by molar-refractivity contribution is 5.69. The SMILES string of the molecule is CCOC(=O)CCCC[C@H](C)N=Nc1ccccc1. The third kappa shape index (κ3) is 7.34. The van der Waals surface area contributed by atoms with E-state index in [4.69, 9.17) is 4.74 Å². The summed E-state index contributed by atoms with van der Waals surface area (Å²) in [6.45, 7) is 4.32. The first kappa shape index (κ1) is 15.3. The maximum Gasteiger partial charge on any atom is 0.305 e. The van der Waals surface area contributed by atoms with Crippen molar-refractivity contribution < 1.29 is 9.53 Å². The van der Waals surface area contributed by atoms with E-state index in [1.165, 1.54) is 0 Å². The summed E-state index contributed by atoms with van der Waals surface area (Å²) < 4.78 is 4.87. The van der Waals surface area contributed by atoms with Crippen molar-refractivity contribution in [2.45, 2.75) is 45.6 Å². The topological polar surface area (TPSA) is 51.0 Å². The number of rotatable bonds is 8. The lowest BCUT2D eigenvalue weighted by atomic mass is 10.1. The number of hydrogen-bond donors (Lipinski definition) is 0. The van der Waals surface area contributed by atoms with Crippen molar-refractivity contribution in [3.05, 3.63) is 30.3 Å². The molecule has 0 saturated carbocycles. The summed E-state index contributed by atoms with van der Waals surface area (Å²) in [5.41, 5.74) is 0.876. The van der Waals surface area contributed by atoms with Crippen molar-refractivity contribution in [3.63, 3.8) is 0 Å². The number of ether oxygens (including phenoxy) is 1. The van der Waals surface area contributed by atoms with Crippen molar-refractivity contribution in [1.82, 2.24) is 0 Å². The van der Waals surface area contributed by atoms with Crippen LogP contribution in [0.15, 0.2) is 40.6 Å². The monoisotopic (exact) mass is 262 g/mol. The molecule has 0 saturated heterocycles. The zero-order valence-corrected chi connectivity index (χ0v) is 11.7. The average Bonchev–Trinajstić information content (AvgIpc) is 2.43. The minimum atomic E-state index is -0.110. The lowest BCUT2D eigenvalue weighted by Gasteiger charge is -2.04. The fourth-order valence-electron chi connectivity index (χ4n) is 1.66. The van der Waals surface area contributed by atoms with Gasteiger partial charge in [-0.15, -0.1) is 0 Å². The Labute approximate surface area is 114 Å². The highest BCUT2D eigenvalue weighted by atomic mass is 16.5. The zero-order valence-electron chi connectivity index (χ0n) is 11.7. The van der Waals surface area contributed by atoms with Gasteiger partial charge in [-0.3, -0.25) is 4.79 Å². The molecule has 0 N–H and O–H groups in total. The maximum absolute atomic E-state index is 11.1. The van der Waals surface area contributed by atoms with Gasteiger partial charge in [0.2, 0.25) is 0 Å². The number of carbonyl (C=O) groups is 1. The average molecular weight is 262 g/mol. The molecule has 0 amide bonds. The first-order valence-electron chi connectivity index (χ1n) is 6.84. The molecular weight excluding hydrogens is 240 g/mol. The Balaban J connectivity index is 2.16. The van der Waals surface area contributed by atoms with Crippen molar-refractivity contribution in [2.24, 2.45) is 10.2 Å². The molecule has 0 heterocycles. The molecular formula is C15H22N2O2. The van der Waals surface area contributed by atoms with Crippen LogP contribution in [0.3, 0.4) is 0 Å². The summed E-state index contributed by atoms with van der Waals surface area (Å²) in [6, 6.07) is 9.88. The first-order valence-corrected chi connectivity index (χ1v) is 6.84. The Morgan fingerprint density at radius 2 is 2.00 bits per heavy atom. The van der Waals surface area contributed by atoms with Gasteiger partial charge in [0, 0.05) is 6.42 Å². The lowest BCUT2D eigenvalue weighted by Crippen LogP contribution is -2.04.